The maximum absolute atomic E-state index is 6.78. The second kappa shape index (κ2) is 8.09. The molecule has 0 radical (unpaired) electrons. The molecule has 9 unspecified atom stereocenters. The molecule has 0 aromatic heterocycles. The van der Waals surface area contributed by atoms with Crippen LogP contribution in [0.2, 0.25) is 0 Å². The molecule has 154 valence electrons. The summed E-state index contributed by atoms with van der Waals surface area (Å²) in [6.07, 6.45) is 3.29. The summed E-state index contributed by atoms with van der Waals surface area (Å²) in [4.78, 5) is 0. The lowest BCUT2D eigenvalue weighted by atomic mass is 9.69. The second-order valence-electron chi connectivity index (χ2n) is 10.1. The van der Waals surface area contributed by atoms with E-state index >= 15 is 0 Å². The van der Waals surface area contributed by atoms with Gasteiger partial charge in [-0.1, -0.05) is 69.2 Å². The Balaban J connectivity index is 2.27. The van der Waals surface area contributed by atoms with E-state index < -0.39 is 5.79 Å². The molecule has 0 amide bonds. The van der Waals surface area contributed by atoms with Crippen molar-refractivity contribution in [1.29, 1.82) is 0 Å². The van der Waals surface area contributed by atoms with E-state index in [2.05, 4.69) is 69.2 Å². The van der Waals surface area contributed by atoms with E-state index in [-0.39, 0.29) is 23.9 Å². The molecular formula is C23H44O3. The third-order valence-corrected chi connectivity index (χ3v) is 7.58. The highest BCUT2D eigenvalue weighted by molar-refractivity contribution is 4.98. The highest BCUT2D eigenvalue weighted by atomic mass is 16.8. The number of rotatable bonds is 5. The summed E-state index contributed by atoms with van der Waals surface area (Å²) in [5.74, 6) is 1.84. The Labute approximate surface area is 162 Å². The van der Waals surface area contributed by atoms with Crippen molar-refractivity contribution >= 4 is 0 Å². The number of ether oxygens (including phenoxy) is 3. The lowest BCUT2D eigenvalue weighted by Crippen LogP contribution is -2.51. The predicted octanol–water partition coefficient (Wildman–Crippen LogP) is 6.26. The van der Waals surface area contributed by atoms with Gasteiger partial charge in [0.25, 0.3) is 0 Å². The normalized spacial score (nSPS) is 47.3. The van der Waals surface area contributed by atoms with Crippen LogP contribution in [-0.2, 0) is 14.2 Å². The van der Waals surface area contributed by atoms with E-state index in [1.165, 1.54) is 0 Å². The van der Waals surface area contributed by atoms with Crippen LogP contribution in [0.1, 0.15) is 88.5 Å². The Kier molecular flexibility index (Phi) is 6.90. The minimum atomic E-state index is -0.532. The quantitative estimate of drug-likeness (QED) is 0.573. The highest BCUT2D eigenvalue weighted by Gasteiger charge is 2.57. The third kappa shape index (κ3) is 3.86. The van der Waals surface area contributed by atoms with Crippen molar-refractivity contribution in [3.63, 3.8) is 0 Å². The minimum Gasteiger partial charge on any atom is -0.349 e. The third-order valence-electron chi connectivity index (χ3n) is 7.58. The highest BCUT2D eigenvalue weighted by Crippen LogP contribution is 2.53. The van der Waals surface area contributed by atoms with Gasteiger partial charge in [-0.15, -0.1) is 0 Å². The maximum Gasteiger partial charge on any atom is 0.174 e. The van der Waals surface area contributed by atoms with Crippen molar-refractivity contribution in [3.05, 3.63) is 0 Å². The molecule has 2 aliphatic heterocycles. The van der Waals surface area contributed by atoms with Gasteiger partial charge in [0.1, 0.15) is 0 Å². The minimum absolute atomic E-state index is 0.176. The van der Waals surface area contributed by atoms with Gasteiger partial charge in [-0.25, -0.2) is 0 Å². The molecule has 0 aromatic rings. The number of hydrogen-bond donors (Lipinski definition) is 0. The standard InChI is InChI=1S/C23H44O3/c1-11-18-15(5)14(4)16(6)21(24-18)26-23(13-3)17(7)20(22(8,9)10)19(12-2)25-23/h14-21H,11-13H2,1-10H3. The van der Waals surface area contributed by atoms with Crippen LogP contribution in [0.15, 0.2) is 0 Å². The topological polar surface area (TPSA) is 27.7 Å². The molecule has 2 fully saturated rings. The first-order valence-electron chi connectivity index (χ1n) is 11.0. The second-order valence-corrected chi connectivity index (χ2v) is 10.1. The first kappa shape index (κ1) is 22.2. The van der Waals surface area contributed by atoms with E-state index in [0.717, 1.165) is 19.3 Å². The Morgan fingerprint density at radius 3 is 1.85 bits per heavy atom. The zero-order chi connectivity index (χ0) is 19.9. The lowest BCUT2D eigenvalue weighted by Gasteiger charge is -2.47. The Bertz CT molecular complexity index is 455. The summed E-state index contributed by atoms with van der Waals surface area (Å²) in [6.45, 7) is 22.9. The first-order chi connectivity index (χ1) is 12.0. The molecule has 0 aliphatic carbocycles. The Hall–Kier alpha value is -0.120. The Morgan fingerprint density at radius 1 is 0.846 bits per heavy atom. The van der Waals surface area contributed by atoms with E-state index in [1.807, 2.05) is 0 Å². The Morgan fingerprint density at radius 2 is 1.42 bits per heavy atom. The maximum atomic E-state index is 6.78. The van der Waals surface area contributed by atoms with Crippen LogP contribution >= 0.6 is 0 Å². The van der Waals surface area contributed by atoms with Crippen LogP contribution < -0.4 is 0 Å². The summed E-state index contributed by atoms with van der Waals surface area (Å²) >= 11 is 0. The van der Waals surface area contributed by atoms with Crippen LogP contribution in [0.25, 0.3) is 0 Å². The van der Waals surface area contributed by atoms with Gasteiger partial charge in [0, 0.05) is 11.8 Å². The molecule has 2 heterocycles. The average Bonchev–Trinajstić information content (AvgIpc) is 2.88. The van der Waals surface area contributed by atoms with Crippen LogP contribution in [0.5, 0.6) is 0 Å². The fourth-order valence-corrected chi connectivity index (χ4v) is 5.59. The van der Waals surface area contributed by atoms with Crippen LogP contribution in [0.4, 0.5) is 0 Å². The van der Waals surface area contributed by atoms with E-state index in [9.17, 15) is 0 Å². The molecule has 0 saturated carbocycles. The molecule has 2 saturated heterocycles. The van der Waals surface area contributed by atoms with Crippen LogP contribution in [-0.4, -0.2) is 24.3 Å². The smallest absolute Gasteiger partial charge is 0.174 e. The van der Waals surface area contributed by atoms with Gasteiger partial charge in [0.05, 0.1) is 12.2 Å². The van der Waals surface area contributed by atoms with Gasteiger partial charge in [0.2, 0.25) is 0 Å². The molecule has 9 atom stereocenters. The molecule has 3 heteroatoms. The summed E-state index contributed by atoms with van der Waals surface area (Å²) in [5.41, 5.74) is 0.202. The molecule has 2 rings (SSSR count). The predicted molar refractivity (Wildman–Crippen MR) is 108 cm³/mol. The fourth-order valence-electron chi connectivity index (χ4n) is 5.59. The SMILES string of the molecule is CCC1OC(OC2(CC)OC(CC)C(C(C)(C)C)C2C)C(C)C(C)C1C. The zero-order valence-electron chi connectivity index (χ0n) is 19.0. The van der Waals surface area contributed by atoms with Crippen LogP contribution in [0.3, 0.4) is 0 Å². The van der Waals surface area contributed by atoms with Crippen molar-refractivity contribution in [2.45, 2.75) is 113 Å². The first-order valence-corrected chi connectivity index (χ1v) is 11.0. The molecule has 3 nitrogen and oxygen atoms in total. The summed E-state index contributed by atoms with van der Waals surface area (Å²) in [7, 11) is 0. The molecule has 0 N–H and O–H groups in total. The van der Waals surface area contributed by atoms with Gasteiger partial charge in [0.15, 0.2) is 12.1 Å². The van der Waals surface area contributed by atoms with E-state index in [4.69, 9.17) is 14.2 Å². The summed E-state index contributed by atoms with van der Waals surface area (Å²) < 4.78 is 19.9. The molecule has 26 heavy (non-hydrogen) atoms. The van der Waals surface area contributed by atoms with Crippen molar-refractivity contribution in [2.24, 2.45) is 35.0 Å². The molecule has 0 bridgehead atoms. The van der Waals surface area contributed by atoms with Gasteiger partial charge in [-0.2, -0.15) is 0 Å². The monoisotopic (exact) mass is 368 g/mol. The van der Waals surface area contributed by atoms with Gasteiger partial charge in [-0.3, -0.25) is 0 Å². The van der Waals surface area contributed by atoms with Crippen molar-refractivity contribution in [1.82, 2.24) is 0 Å². The van der Waals surface area contributed by atoms with Crippen molar-refractivity contribution < 1.29 is 14.2 Å². The van der Waals surface area contributed by atoms with Gasteiger partial charge < -0.3 is 14.2 Å². The van der Waals surface area contributed by atoms with Gasteiger partial charge >= 0.3 is 0 Å². The fraction of sp³-hybridized carbons (Fsp3) is 1.00. The zero-order valence-corrected chi connectivity index (χ0v) is 19.0. The van der Waals surface area contributed by atoms with Crippen molar-refractivity contribution in [3.8, 4) is 0 Å². The molecular weight excluding hydrogens is 324 g/mol. The van der Waals surface area contributed by atoms with Gasteiger partial charge in [-0.05, 0) is 42.4 Å². The van der Waals surface area contributed by atoms with E-state index in [0.29, 0.717) is 29.6 Å². The number of hydrogen-bond acceptors (Lipinski definition) is 3. The van der Waals surface area contributed by atoms with E-state index in [1.54, 1.807) is 0 Å². The molecule has 0 spiro atoms. The van der Waals surface area contributed by atoms with Crippen molar-refractivity contribution in [2.75, 3.05) is 0 Å². The lowest BCUT2D eigenvalue weighted by molar-refractivity contribution is -0.353. The summed E-state index contributed by atoms with van der Waals surface area (Å²) in [6, 6.07) is 0. The molecule has 2 aliphatic rings. The molecule has 0 aromatic carbocycles. The largest absolute Gasteiger partial charge is 0.349 e. The van der Waals surface area contributed by atoms with Crippen LogP contribution in [0, 0.1) is 35.0 Å². The average molecular weight is 369 g/mol. The summed E-state index contributed by atoms with van der Waals surface area (Å²) in [5, 5.41) is 0.